The van der Waals surface area contributed by atoms with E-state index in [1.54, 1.807) is 10.7 Å². The van der Waals surface area contributed by atoms with Crippen molar-refractivity contribution in [3.05, 3.63) is 65.9 Å². The van der Waals surface area contributed by atoms with Gasteiger partial charge in [0.2, 0.25) is 0 Å². The van der Waals surface area contributed by atoms with Crippen molar-refractivity contribution in [3.63, 3.8) is 0 Å². The minimum atomic E-state index is -0.255. The maximum atomic E-state index is 12.5. The van der Waals surface area contributed by atoms with Gasteiger partial charge in [-0.3, -0.25) is 4.79 Å². The average molecular weight is 332 g/mol. The van der Waals surface area contributed by atoms with Crippen LogP contribution in [-0.2, 0) is 0 Å². The summed E-state index contributed by atoms with van der Waals surface area (Å²) in [5.41, 5.74) is 3.26. The molecule has 4 rings (SSSR count). The van der Waals surface area contributed by atoms with Gasteiger partial charge in [0.15, 0.2) is 5.82 Å². The van der Waals surface area contributed by atoms with Crippen molar-refractivity contribution in [3.8, 4) is 5.82 Å². The minimum absolute atomic E-state index is 0.255. The number of amides is 1. The van der Waals surface area contributed by atoms with Gasteiger partial charge in [-0.1, -0.05) is 18.2 Å². The number of nitrogens with one attached hydrogen (secondary N) is 2. The molecule has 0 aliphatic heterocycles. The fourth-order valence-corrected chi connectivity index (χ4v) is 2.77. The highest BCUT2D eigenvalue weighted by atomic mass is 16.1. The normalized spacial score (nSPS) is 11.0. The smallest absolute Gasteiger partial charge is 0.273 e. The maximum Gasteiger partial charge on any atom is 0.273 e. The highest BCUT2D eigenvalue weighted by Crippen LogP contribution is 2.17. The van der Waals surface area contributed by atoms with Gasteiger partial charge >= 0.3 is 0 Å². The highest BCUT2D eigenvalue weighted by molar-refractivity contribution is 6.05. The quantitative estimate of drug-likeness (QED) is 0.603. The van der Waals surface area contributed by atoms with Crippen LogP contribution in [0, 0.1) is 13.8 Å². The topological polar surface area (TPSA) is 88.5 Å². The van der Waals surface area contributed by atoms with Crippen LogP contribution in [0.25, 0.3) is 16.7 Å². The Labute approximate surface area is 143 Å². The van der Waals surface area contributed by atoms with E-state index >= 15 is 0 Å². The summed E-state index contributed by atoms with van der Waals surface area (Å²) in [6, 6.07) is 13.2. The van der Waals surface area contributed by atoms with E-state index in [0.717, 1.165) is 22.3 Å². The Bertz CT molecular complexity index is 1050. The first-order chi connectivity index (χ1) is 12.1. The number of aromatic nitrogens is 5. The molecule has 2 N–H and O–H groups in total. The summed E-state index contributed by atoms with van der Waals surface area (Å²) in [6.07, 6.45) is 1.41. The van der Waals surface area contributed by atoms with Crippen LogP contribution in [0.3, 0.4) is 0 Å². The Hall–Kier alpha value is -3.48. The Balaban J connectivity index is 1.61. The minimum Gasteiger partial charge on any atom is -0.351 e. The molecule has 7 heteroatoms. The van der Waals surface area contributed by atoms with E-state index in [1.165, 1.54) is 6.33 Å². The van der Waals surface area contributed by atoms with Gasteiger partial charge < -0.3 is 10.3 Å². The zero-order chi connectivity index (χ0) is 17.4. The maximum absolute atomic E-state index is 12.5. The van der Waals surface area contributed by atoms with Crippen molar-refractivity contribution in [1.82, 2.24) is 24.7 Å². The fraction of sp³-hybridized carbons (Fsp3) is 0.111. The van der Waals surface area contributed by atoms with Crippen LogP contribution in [-0.4, -0.2) is 30.6 Å². The number of benzene rings is 1. The lowest BCUT2D eigenvalue weighted by atomic mass is 10.2. The van der Waals surface area contributed by atoms with E-state index in [2.05, 4.69) is 25.4 Å². The lowest BCUT2D eigenvalue weighted by Gasteiger charge is -2.06. The molecule has 0 saturated carbocycles. The van der Waals surface area contributed by atoms with E-state index in [0.29, 0.717) is 17.3 Å². The number of para-hydroxylation sites is 1. The third-order valence-electron chi connectivity index (χ3n) is 3.90. The number of aromatic amines is 1. The number of carbonyl (C=O) groups excluding carboxylic acids is 1. The number of H-pyrrole nitrogens is 1. The molecule has 25 heavy (non-hydrogen) atoms. The molecule has 124 valence electrons. The zero-order valence-corrected chi connectivity index (χ0v) is 13.8. The third-order valence-corrected chi connectivity index (χ3v) is 3.90. The van der Waals surface area contributed by atoms with Gasteiger partial charge in [-0.05, 0) is 32.0 Å². The molecule has 3 aromatic heterocycles. The van der Waals surface area contributed by atoms with Crippen LogP contribution >= 0.6 is 0 Å². The second-order valence-electron chi connectivity index (χ2n) is 5.82. The van der Waals surface area contributed by atoms with Crippen LogP contribution in [0.4, 0.5) is 5.82 Å². The molecule has 0 fully saturated rings. The third kappa shape index (κ3) is 2.87. The Kier molecular flexibility index (Phi) is 3.53. The summed E-state index contributed by atoms with van der Waals surface area (Å²) in [4.78, 5) is 23.9. The molecule has 0 saturated heterocycles. The summed E-state index contributed by atoms with van der Waals surface area (Å²) in [6.45, 7) is 3.87. The van der Waals surface area contributed by atoms with Crippen molar-refractivity contribution in [2.24, 2.45) is 0 Å². The number of hydrogen-bond acceptors (Lipinski definition) is 4. The molecule has 1 amide bonds. The molecule has 0 bridgehead atoms. The number of rotatable bonds is 3. The molecule has 0 unspecified atom stereocenters. The number of carbonyl (C=O) groups is 1. The van der Waals surface area contributed by atoms with Gasteiger partial charge in [-0.15, -0.1) is 0 Å². The summed E-state index contributed by atoms with van der Waals surface area (Å²) in [5, 5.41) is 8.17. The molecular weight excluding hydrogens is 316 g/mol. The van der Waals surface area contributed by atoms with E-state index in [9.17, 15) is 4.79 Å². The van der Waals surface area contributed by atoms with Gasteiger partial charge in [0.05, 0.1) is 5.69 Å². The molecule has 0 aliphatic rings. The monoisotopic (exact) mass is 332 g/mol. The lowest BCUT2D eigenvalue weighted by Crippen LogP contribution is -2.14. The summed E-state index contributed by atoms with van der Waals surface area (Å²) < 4.78 is 1.72. The molecule has 3 heterocycles. The molecule has 7 nitrogen and oxygen atoms in total. The largest absolute Gasteiger partial charge is 0.351 e. The second-order valence-corrected chi connectivity index (χ2v) is 5.82. The van der Waals surface area contributed by atoms with E-state index in [1.807, 2.05) is 50.2 Å². The number of aryl methyl sites for hydroxylation is 2. The summed E-state index contributed by atoms with van der Waals surface area (Å²) in [5.74, 6) is 0.767. The summed E-state index contributed by atoms with van der Waals surface area (Å²) in [7, 11) is 0. The fourth-order valence-electron chi connectivity index (χ4n) is 2.77. The SMILES string of the molecule is Cc1cc(C)n(-c2cc(NC(=O)c3cc4ccccc4[nH]3)ncn2)n1. The predicted octanol–water partition coefficient (Wildman–Crippen LogP) is 3.01. The van der Waals surface area contributed by atoms with Crippen LogP contribution in [0.1, 0.15) is 21.9 Å². The van der Waals surface area contributed by atoms with E-state index in [-0.39, 0.29) is 5.91 Å². The second kappa shape index (κ2) is 5.86. The first-order valence-corrected chi connectivity index (χ1v) is 7.85. The van der Waals surface area contributed by atoms with E-state index < -0.39 is 0 Å². The van der Waals surface area contributed by atoms with Crippen molar-refractivity contribution < 1.29 is 4.79 Å². The Morgan fingerprint density at radius 2 is 1.96 bits per heavy atom. The van der Waals surface area contributed by atoms with Crippen molar-refractivity contribution in [1.29, 1.82) is 0 Å². The van der Waals surface area contributed by atoms with Gasteiger partial charge in [-0.25, -0.2) is 14.6 Å². The molecule has 0 spiro atoms. The molecule has 1 aromatic carbocycles. The van der Waals surface area contributed by atoms with Gasteiger partial charge in [0.1, 0.15) is 17.8 Å². The van der Waals surface area contributed by atoms with Crippen LogP contribution in [0.15, 0.2) is 48.8 Å². The van der Waals surface area contributed by atoms with Crippen molar-refractivity contribution in [2.75, 3.05) is 5.32 Å². The van der Waals surface area contributed by atoms with E-state index in [4.69, 9.17) is 0 Å². The van der Waals surface area contributed by atoms with Gasteiger partial charge in [-0.2, -0.15) is 5.10 Å². The van der Waals surface area contributed by atoms with Crippen molar-refractivity contribution >= 4 is 22.6 Å². The lowest BCUT2D eigenvalue weighted by molar-refractivity contribution is 0.102. The van der Waals surface area contributed by atoms with Gasteiger partial charge in [0.25, 0.3) is 5.91 Å². The van der Waals surface area contributed by atoms with Crippen LogP contribution in [0.5, 0.6) is 0 Å². The Morgan fingerprint density at radius 1 is 1.12 bits per heavy atom. The predicted molar refractivity (Wildman–Crippen MR) is 94.9 cm³/mol. The molecule has 0 aliphatic carbocycles. The Morgan fingerprint density at radius 3 is 2.72 bits per heavy atom. The molecule has 0 atom stereocenters. The van der Waals surface area contributed by atoms with Gasteiger partial charge in [0, 0.05) is 22.7 Å². The zero-order valence-electron chi connectivity index (χ0n) is 13.8. The van der Waals surface area contributed by atoms with Crippen LogP contribution < -0.4 is 5.32 Å². The molecular formula is C18H16N6O. The van der Waals surface area contributed by atoms with Crippen LogP contribution in [0.2, 0.25) is 0 Å². The first kappa shape index (κ1) is 15.1. The molecule has 4 aromatic rings. The first-order valence-electron chi connectivity index (χ1n) is 7.85. The standard InChI is InChI=1S/C18H16N6O/c1-11-7-12(2)24(23-11)17-9-16(19-10-20-17)22-18(25)15-8-13-5-3-4-6-14(13)21-15/h3-10,21H,1-2H3,(H,19,20,22,25). The summed E-state index contributed by atoms with van der Waals surface area (Å²) >= 11 is 0. The molecule has 0 radical (unpaired) electrons. The average Bonchev–Trinajstić information content (AvgIpc) is 3.18. The number of hydrogen-bond donors (Lipinski definition) is 2. The van der Waals surface area contributed by atoms with Crippen molar-refractivity contribution in [2.45, 2.75) is 13.8 Å². The highest BCUT2D eigenvalue weighted by Gasteiger charge is 2.12. The number of nitrogens with zero attached hydrogens (tertiary/aromatic N) is 4. The number of anilines is 1. The number of fused-ring (bicyclic) bond motifs is 1.